The van der Waals surface area contributed by atoms with Crippen LogP contribution in [0.25, 0.3) is 22.6 Å². The van der Waals surface area contributed by atoms with Gasteiger partial charge >= 0.3 is 0 Å². The third-order valence-electron chi connectivity index (χ3n) is 2.76. The van der Waals surface area contributed by atoms with E-state index in [9.17, 15) is 8.78 Å². The van der Waals surface area contributed by atoms with Gasteiger partial charge in [0, 0.05) is 15.6 Å². The van der Waals surface area contributed by atoms with Crippen LogP contribution in [0.5, 0.6) is 0 Å². The van der Waals surface area contributed by atoms with E-state index >= 15 is 0 Å². The van der Waals surface area contributed by atoms with Crippen LogP contribution >= 0.6 is 15.9 Å². The molecule has 1 aromatic heterocycles. The quantitative estimate of drug-likeness (QED) is 0.648. The van der Waals surface area contributed by atoms with Gasteiger partial charge in [-0.25, -0.2) is 13.8 Å². The van der Waals surface area contributed by atoms with E-state index in [2.05, 4.69) is 20.9 Å². The van der Waals surface area contributed by atoms with Crippen LogP contribution in [0.4, 0.5) is 8.78 Å². The number of oxazole rings is 1. The molecule has 2 aromatic carbocycles. The molecule has 0 radical (unpaired) electrons. The summed E-state index contributed by atoms with van der Waals surface area (Å²) in [5, 5.41) is 0. The van der Waals surface area contributed by atoms with Crippen molar-refractivity contribution in [2.75, 3.05) is 0 Å². The van der Waals surface area contributed by atoms with Crippen LogP contribution in [0.15, 0.2) is 51.4 Å². The number of fused-ring (bicyclic) bond motifs is 1. The predicted molar refractivity (Wildman–Crippen MR) is 72.1 cm³/mol. The molecule has 19 heavy (non-hydrogen) atoms. The first-order valence-electron chi connectivity index (χ1n) is 5.58. The molecule has 0 atom stereocenters. The van der Waals surface area contributed by atoms with Gasteiger partial charge in [0.1, 0.15) is 5.52 Å². The summed E-state index contributed by atoms with van der Waals surface area (Å²) in [4.78, 5) is 4.32. The van der Waals surface area contributed by atoms with E-state index < -0.39 is 6.43 Å². The second-order valence-corrected chi connectivity index (χ2v) is 4.97. The second kappa shape index (κ2) is 4.74. The van der Waals surface area contributed by atoms with Crippen molar-refractivity contribution in [1.29, 1.82) is 0 Å². The molecule has 0 saturated carbocycles. The van der Waals surface area contributed by atoms with Gasteiger partial charge < -0.3 is 4.42 Å². The van der Waals surface area contributed by atoms with Crippen LogP contribution in [0.1, 0.15) is 12.0 Å². The molecule has 0 saturated heterocycles. The lowest BCUT2D eigenvalue weighted by Crippen LogP contribution is -1.84. The number of hydrogen-bond donors (Lipinski definition) is 0. The summed E-state index contributed by atoms with van der Waals surface area (Å²) in [5.74, 6) is 0.425. The van der Waals surface area contributed by atoms with Crippen LogP contribution < -0.4 is 0 Å². The number of alkyl halides is 2. The highest BCUT2D eigenvalue weighted by Crippen LogP contribution is 2.28. The van der Waals surface area contributed by atoms with Crippen LogP contribution in [0, 0.1) is 0 Å². The average Bonchev–Trinajstić information content (AvgIpc) is 2.81. The summed E-state index contributed by atoms with van der Waals surface area (Å²) in [5.41, 5.74) is 2.05. The molecule has 0 N–H and O–H groups in total. The Morgan fingerprint density at radius 1 is 1.05 bits per heavy atom. The Balaban J connectivity index is 2.03. The third-order valence-corrected chi connectivity index (χ3v) is 3.25. The number of hydrogen-bond acceptors (Lipinski definition) is 2. The van der Waals surface area contributed by atoms with Crippen LogP contribution in [-0.2, 0) is 0 Å². The van der Waals surface area contributed by atoms with Crippen molar-refractivity contribution >= 4 is 27.0 Å². The highest BCUT2D eigenvalue weighted by atomic mass is 79.9. The molecule has 0 amide bonds. The van der Waals surface area contributed by atoms with Crippen molar-refractivity contribution in [2.24, 2.45) is 0 Å². The lowest BCUT2D eigenvalue weighted by molar-refractivity contribution is 0.151. The molecule has 0 unspecified atom stereocenters. The highest BCUT2D eigenvalue weighted by molar-refractivity contribution is 9.10. The third kappa shape index (κ3) is 2.38. The standard InChI is InChI=1S/C14H8BrF2NO/c15-10-5-6-11-12(7-10)19-14(18-11)9-3-1-8(2-4-9)13(16)17/h1-7,13H. The number of halogens is 3. The fraction of sp³-hybridized carbons (Fsp3) is 0.0714. The molecule has 96 valence electrons. The fourth-order valence-electron chi connectivity index (χ4n) is 1.79. The molecular weight excluding hydrogens is 316 g/mol. The molecule has 0 aliphatic rings. The predicted octanol–water partition coefficient (Wildman–Crippen LogP) is 5.19. The maximum absolute atomic E-state index is 12.5. The largest absolute Gasteiger partial charge is 0.436 e. The molecule has 3 rings (SSSR count). The van der Waals surface area contributed by atoms with Crippen molar-refractivity contribution < 1.29 is 13.2 Å². The van der Waals surface area contributed by atoms with Gasteiger partial charge in [-0.1, -0.05) is 28.1 Å². The Bertz CT molecular complexity index is 722. The lowest BCUT2D eigenvalue weighted by Gasteiger charge is -1.99. The maximum atomic E-state index is 12.5. The van der Waals surface area contributed by atoms with Gasteiger partial charge in [0.2, 0.25) is 5.89 Å². The molecule has 3 aromatic rings. The lowest BCUT2D eigenvalue weighted by atomic mass is 10.1. The minimum atomic E-state index is -2.46. The van der Waals surface area contributed by atoms with Gasteiger partial charge in [-0.05, 0) is 30.3 Å². The minimum absolute atomic E-state index is 0.0115. The molecular formula is C14H8BrF2NO. The molecule has 2 nitrogen and oxygen atoms in total. The number of rotatable bonds is 2. The molecule has 0 fully saturated rings. The van der Waals surface area contributed by atoms with Crippen LogP contribution in [-0.4, -0.2) is 4.98 Å². The monoisotopic (exact) mass is 323 g/mol. The van der Waals surface area contributed by atoms with Crippen molar-refractivity contribution in [3.8, 4) is 11.5 Å². The SMILES string of the molecule is FC(F)c1ccc(-c2nc3ccc(Br)cc3o2)cc1. The van der Waals surface area contributed by atoms with E-state index in [0.717, 1.165) is 9.99 Å². The Morgan fingerprint density at radius 2 is 1.79 bits per heavy atom. The number of nitrogens with zero attached hydrogens (tertiary/aromatic N) is 1. The van der Waals surface area contributed by atoms with E-state index in [1.807, 2.05) is 18.2 Å². The topological polar surface area (TPSA) is 26.0 Å². The summed E-state index contributed by atoms with van der Waals surface area (Å²) in [6.45, 7) is 0. The summed E-state index contributed by atoms with van der Waals surface area (Å²) in [6.07, 6.45) is -2.46. The molecule has 0 bridgehead atoms. The first-order chi connectivity index (χ1) is 9.13. The summed E-state index contributed by atoms with van der Waals surface area (Å²) >= 11 is 3.35. The molecule has 0 aliphatic heterocycles. The van der Waals surface area contributed by atoms with E-state index in [4.69, 9.17) is 4.42 Å². The van der Waals surface area contributed by atoms with E-state index in [1.54, 1.807) is 12.1 Å². The molecule has 5 heteroatoms. The molecule has 0 aliphatic carbocycles. The highest BCUT2D eigenvalue weighted by Gasteiger charge is 2.10. The molecule has 0 spiro atoms. The van der Waals surface area contributed by atoms with Crippen molar-refractivity contribution in [2.45, 2.75) is 6.43 Å². The van der Waals surface area contributed by atoms with Crippen molar-refractivity contribution in [3.63, 3.8) is 0 Å². The Labute approximate surface area is 116 Å². The minimum Gasteiger partial charge on any atom is -0.436 e. The van der Waals surface area contributed by atoms with Gasteiger partial charge in [0.15, 0.2) is 5.58 Å². The normalized spacial score (nSPS) is 11.4. The zero-order valence-corrected chi connectivity index (χ0v) is 11.2. The number of aromatic nitrogens is 1. The smallest absolute Gasteiger partial charge is 0.263 e. The van der Waals surface area contributed by atoms with Crippen molar-refractivity contribution in [1.82, 2.24) is 4.98 Å². The van der Waals surface area contributed by atoms with Gasteiger partial charge in [-0.15, -0.1) is 0 Å². The summed E-state index contributed by atoms with van der Waals surface area (Å²) in [7, 11) is 0. The first kappa shape index (κ1) is 12.3. The summed E-state index contributed by atoms with van der Waals surface area (Å²) < 4.78 is 31.4. The first-order valence-corrected chi connectivity index (χ1v) is 6.37. The van der Waals surface area contributed by atoms with Gasteiger partial charge in [-0.2, -0.15) is 0 Å². The second-order valence-electron chi connectivity index (χ2n) is 4.05. The zero-order valence-electron chi connectivity index (χ0n) is 9.61. The average molecular weight is 324 g/mol. The molecule has 1 heterocycles. The van der Waals surface area contributed by atoms with Gasteiger partial charge in [0.05, 0.1) is 0 Å². The van der Waals surface area contributed by atoms with Crippen LogP contribution in [0.3, 0.4) is 0 Å². The van der Waals surface area contributed by atoms with E-state index in [1.165, 1.54) is 12.1 Å². The van der Waals surface area contributed by atoms with E-state index in [-0.39, 0.29) is 5.56 Å². The van der Waals surface area contributed by atoms with E-state index in [0.29, 0.717) is 17.0 Å². The Kier molecular flexibility index (Phi) is 3.06. The van der Waals surface area contributed by atoms with Gasteiger partial charge in [0.25, 0.3) is 6.43 Å². The summed E-state index contributed by atoms with van der Waals surface area (Å²) in [6, 6.07) is 11.5. The van der Waals surface area contributed by atoms with Gasteiger partial charge in [-0.3, -0.25) is 0 Å². The van der Waals surface area contributed by atoms with Crippen LogP contribution in [0.2, 0.25) is 0 Å². The Hall–Kier alpha value is -1.75. The van der Waals surface area contributed by atoms with Crippen molar-refractivity contribution in [3.05, 3.63) is 52.5 Å². The maximum Gasteiger partial charge on any atom is 0.263 e. The Morgan fingerprint density at radius 3 is 2.47 bits per heavy atom. The number of benzene rings is 2. The zero-order chi connectivity index (χ0) is 13.4. The fourth-order valence-corrected chi connectivity index (χ4v) is 2.13.